The fourth-order valence-electron chi connectivity index (χ4n) is 4.50. The molecule has 1 saturated carbocycles. The highest BCUT2D eigenvalue weighted by molar-refractivity contribution is 5.95. The van der Waals surface area contributed by atoms with Crippen LogP contribution in [0.3, 0.4) is 0 Å². The molecule has 3 rings (SSSR count). The molecule has 0 saturated heterocycles. The fraction of sp³-hybridized carbons (Fsp3) is 0.519. The number of hydrogen-bond donors (Lipinski definition) is 2. The summed E-state index contributed by atoms with van der Waals surface area (Å²) in [6, 6.07) is 7.49. The van der Waals surface area contributed by atoms with Crippen molar-refractivity contribution in [2.75, 3.05) is 27.3 Å². The van der Waals surface area contributed by atoms with Gasteiger partial charge in [-0.2, -0.15) is 0 Å². The van der Waals surface area contributed by atoms with Crippen molar-refractivity contribution in [3.63, 3.8) is 0 Å². The fourth-order valence-corrected chi connectivity index (χ4v) is 4.50. The summed E-state index contributed by atoms with van der Waals surface area (Å²) in [4.78, 5) is 41.2. The number of unbranched alkanes of at least 4 members (excludes halogenated alkanes) is 1. The lowest BCUT2D eigenvalue weighted by molar-refractivity contribution is -0.140. The van der Waals surface area contributed by atoms with Crippen molar-refractivity contribution in [2.45, 2.75) is 64.0 Å². The van der Waals surface area contributed by atoms with E-state index in [1.165, 1.54) is 30.8 Å². The van der Waals surface area contributed by atoms with E-state index in [9.17, 15) is 14.4 Å². The predicted octanol–water partition coefficient (Wildman–Crippen LogP) is 3.85. The van der Waals surface area contributed by atoms with Crippen molar-refractivity contribution in [1.29, 1.82) is 0 Å². The molecule has 1 aliphatic carbocycles. The lowest BCUT2D eigenvalue weighted by atomic mass is 9.94. The molecule has 3 amide bonds. The first-order valence-electron chi connectivity index (χ1n) is 12.6. The van der Waals surface area contributed by atoms with E-state index in [1.54, 1.807) is 31.4 Å². The van der Waals surface area contributed by atoms with Gasteiger partial charge in [-0.1, -0.05) is 32.6 Å². The van der Waals surface area contributed by atoms with Gasteiger partial charge < -0.3 is 29.4 Å². The first-order valence-corrected chi connectivity index (χ1v) is 12.6. The number of nitrogens with zero attached hydrogens (tertiary/aromatic N) is 1. The molecule has 2 aromatic rings. The second kappa shape index (κ2) is 13.6. The number of nitrogens with one attached hydrogen (secondary N) is 2. The molecule has 1 heterocycles. The average Bonchev–Trinajstić information content (AvgIpc) is 3.45. The summed E-state index contributed by atoms with van der Waals surface area (Å²) in [5, 5.41) is 5.78. The molecule has 0 radical (unpaired) electrons. The van der Waals surface area contributed by atoms with Crippen LogP contribution in [0.5, 0.6) is 11.5 Å². The molecule has 1 atom stereocenters. The summed E-state index contributed by atoms with van der Waals surface area (Å²) in [5.41, 5.74) is 0.563. The number of ether oxygens (including phenoxy) is 2. The van der Waals surface area contributed by atoms with Crippen LogP contribution in [-0.4, -0.2) is 56.0 Å². The summed E-state index contributed by atoms with van der Waals surface area (Å²) in [5.74, 6) is 0.0313. The maximum Gasteiger partial charge on any atom is 0.287 e. The molecular weight excluding hydrogens is 462 g/mol. The molecule has 196 valence electrons. The Morgan fingerprint density at radius 2 is 1.89 bits per heavy atom. The molecule has 1 aromatic carbocycles. The molecule has 0 spiro atoms. The van der Waals surface area contributed by atoms with Crippen LogP contribution in [0.2, 0.25) is 0 Å². The third kappa shape index (κ3) is 7.02. The Kier molecular flexibility index (Phi) is 10.2. The van der Waals surface area contributed by atoms with Crippen LogP contribution in [0, 0.1) is 0 Å². The second-order valence-corrected chi connectivity index (χ2v) is 8.95. The summed E-state index contributed by atoms with van der Waals surface area (Å²) < 4.78 is 16.1. The predicted molar refractivity (Wildman–Crippen MR) is 135 cm³/mol. The van der Waals surface area contributed by atoms with Crippen LogP contribution in [-0.2, 0) is 9.59 Å². The number of amides is 3. The van der Waals surface area contributed by atoms with Crippen molar-refractivity contribution in [2.24, 2.45) is 0 Å². The monoisotopic (exact) mass is 499 g/mol. The Morgan fingerprint density at radius 1 is 1.11 bits per heavy atom. The molecular formula is C27H37N3O6. The normalized spacial score (nSPS) is 14.5. The summed E-state index contributed by atoms with van der Waals surface area (Å²) in [7, 11) is 3.08. The molecule has 2 N–H and O–H groups in total. The van der Waals surface area contributed by atoms with E-state index in [2.05, 4.69) is 10.6 Å². The zero-order valence-corrected chi connectivity index (χ0v) is 21.4. The van der Waals surface area contributed by atoms with Crippen molar-refractivity contribution in [3.8, 4) is 11.5 Å². The van der Waals surface area contributed by atoms with E-state index in [-0.39, 0.29) is 30.2 Å². The number of furan rings is 1. The molecule has 9 nitrogen and oxygen atoms in total. The molecule has 0 aliphatic heterocycles. The molecule has 1 fully saturated rings. The van der Waals surface area contributed by atoms with E-state index in [0.29, 0.717) is 30.0 Å². The average molecular weight is 500 g/mol. The standard InChI is InChI=1S/C27H37N3O6/c1-4-5-15-30(24(31)18-28-26(32)22-12-9-16-36-22)25(27(33)29-19-10-7-6-8-11-19)21-14-13-20(34-2)17-23(21)35-3/h9,12-14,16-17,19,25H,4-8,10-11,15,18H2,1-3H3,(H,28,32)(H,29,33)/t25-/m1/s1. The van der Waals surface area contributed by atoms with Crippen LogP contribution in [0.1, 0.15) is 74.0 Å². The van der Waals surface area contributed by atoms with Gasteiger partial charge in [0.15, 0.2) is 5.76 Å². The highest BCUT2D eigenvalue weighted by Crippen LogP contribution is 2.34. The van der Waals surface area contributed by atoms with Gasteiger partial charge in [-0.15, -0.1) is 0 Å². The zero-order chi connectivity index (χ0) is 25.9. The van der Waals surface area contributed by atoms with Gasteiger partial charge in [0.25, 0.3) is 5.91 Å². The summed E-state index contributed by atoms with van der Waals surface area (Å²) >= 11 is 0. The van der Waals surface area contributed by atoms with Gasteiger partial charge in [0.1, 0.15) is 17.5 Å². The Balaban J connectivity index is 1.91. The van der Waals surface area contributed by atoms with Crippen molar-refractivity contribution < 1.29 is 28.3 Å². The van der Waals surface area contributed by atoms with Crippen molar-refractivity contribution >= 4 is 17.7 Å². The molecule has 9 heteroatoms. The maximum absolute atomic E-state index is 13.8. The minimum absolute atomic E-state index is 0.0692. The van der Waals surface area contributed by atoms with Gasteiger partial charge in [-0.05, 0) is 43.5 Å². The van der Waals surface area contributed by atoms with Gasteiger partial charge in [0.05, 0.1) is 27.0 Å². The third-order valence-corrected chi connectivity index (χ3v) is 6.46. The maximum atomic E-state index is 13.8. The van der Waals surface area contributed by atoms with Crippen LogP contribution in [0.4, 0.5) is 0 Å². The van der Waals surface area contributed by atoms with Gasteiger partial charge in [-0.3, -0.25) is 14.4 Å². The number of benzene rings is 1. The van der Waals surface area contributed by atoms with E-state index >= 15 is 0 Å². The smallest absolute Gasteiger partial charge is 0.287 e. The quantitative estimate of drug-likeness (QED) is 0.459. The van der Waals surface area contributed by atoms with Crippen LogP contribution in [0.25, 0.3) is 0 Å². The number of carbonyl (C=O) groups excluding carboxylic acids is 3. The van der Waals surface area contributed by atoms with E-state index < -0.39 is 11.9 Å². The minimum atomic E-state index is -0.924. The zero-order valence-electron chi connectivity index (χ0n) is 21.4. The van der Waals surface area contributed by atoms with Gasteiger partial charge in [0.2, 0.25) is 11.8 Å². The lowest BCUT2D eigenvalue weighted by Crippen LogP contribution is -2.49. The van der Waals surface area contributed by atoms with Crippen molar-refractivity contribution in [3.05, 3.63) is 47.9 Å². The number of rotatable bonds is 12. The van der Waals surface area contributed by atoms with Crippen LogP contribution in [0.15, 0.2) is 41.0 Å². The van der Waals surface area contributed by atoms with Crippen LogP contribution < -0.4 is 20.1 Å². The highest BCUT2D eigenvalue weighted by atomic mass is 16.5. The topological polar surface area (TPSA) is 110 Å². The Hall–Kier alpha value is -3.49. The Bertz CT molecular complexity index is 1000. The van der Waals surface area contributed by atoms with Crippen molar-refractivity contribution in [1.82, 2.24) is 15.5 Å². The lowest BCUT2D eigenvalue weighted by Gasteiger charge is -2.34. The number of hydrogen-bond acceptors (Lipinski definition) is 6. The molecule has 1 aromatic heterocycles. The van der Waals surface area contributed by atoms with E-state index in [1.807, 2.05) is 6.92 Å². The van der Waals surface area contributed by atoms with Gasteiger partial charge >= 0.3 is 0 Å². The SMILES string of the molecule is CCCCN(C(=O)CNC(=O)c1ccco1)[C@@H](C(=O)NC1CCCCC1)c1ccc(OC)cc1OC. The Morgan fingerprint density at radius 3 is 2.53 bits per heavy atom. The summed E-state index contributed by atoms with van der Waals surface area (Å²) in [6.07, 6.45) is 8.06. The Labute approximate surface area is 212 Å². The first-order chi connectivity index (χ1) is 17.5. The largest absolute Gasteiger partial charge is 0.497 e. The minimum Gasteiger partial charge on any atom is -0.497 e. The molecule has 0 unspecified atom stereocenters. The first kappa shape index (κ1) is 27.1. The highest BCUT2D eigenvalue weighted by Gasteiger charge is 2.34. The van der Waals surface area contributed by atoms with Crippen LogP contribution >= 0.6 is 0 Å². The molecule has 36 heavy (non-hydrogen) atoms. The van der Waals surface area contributed by atoms with E-state index in [0.717, 1.165) is 32.1 Å². The summed E-state index contributed by atoms with van der Waals surface area (Å²) in [6.45, 7) is 2.10. The van der Waals surface area contributed by atoms with Gasteiger partial charge in [0, 0.05) is 24.2 Å². The van der Waals surface area contributed by atoms with Gasteiger partial charge in [-0.25, -0.2) is 0 Å². The number of carbonyl (C=O) groups is 3. The molecule has 0 bridgehead atoms. The molecule has 1 aliphatic rings. The number of methoxy groups -OCH3 is 2. The van der Waals surface area contributed by atoms with E-state index in [4.69, 9.17) is 13.9 Å². The second-order valence-electron chi connectivity index (χ2n) is 8.95. The third-order valence-electron chi connectivity index (χ3n) is 6.46.